The van der Waals surface area contributed by atoms with Crippen molar-refractivity contribution in [1.82, 2.24) is 0 Å². The van der Waals surface area contributed by atoms with Gasteiger partial charge in [-0.1, -0.05) is 97.9 Å². The number of rotatable bonds is 6. The van der Waals surface area contributed by atoms with Crippen LogP contribution in [0.2, 0.25) is 0 Å². The van der Waals surface area contributed by atoms with Gasteiger partial charge in [-0.05, 0) is 30.5 Å². The van der Waals surface area contributed by atoms with Gasteiger partial charge in [0.25, 0.3) is 0 Å². The standard InChI is InChI=1S/C28H30O4/c1-20-24(30-26-25(20)31-27(2,3)32-26)19-29-28(21-13-7-4-8-14-21,22-15-9-5-10-16-22)23-17-11-6-12-18-23/h4-18,20,24-26H,19H2,1-3H3/t20-,24-,25-,26-/m1/s1. The van der Waals surface area contributed by atoms with Gasteiger partial charge in [0, 0.05) is 5.92 Å². The van der Waals surface area contributed by atoms with Crippen molar-refractivity contribution < 1.29 is 18.9 Å². The predicted octanol–water partition coefficient (Wildman–Crippen LogP) is 5.51. The fourth-order valence-corrected chi connectivity index (χ4v) is 4.89. The van der Waals surface area contributed by atoms with Gasteiger partial charge in [0.15, 0.2) is 12.1 Å². The zero-order valence-corrected chi connectivity index (χ0v) is 18.8. The molecule has 0 saturated carbocycles. The van der Waals surface area contributed by atoms with Crippen LogP contribution in [0.4, 0.5) is 0 Å². The first-order valence-corrected chi connectivity index (χ1v) is 11.3. The molecule has 4 atom stereocenters. The third-order valence-electron chi connectivity index (χ3n) is 6.51. The van der Waals surface area contributed by atoms with Crippen molar-refractivity contribution in [1.29, 1.82) is 0 Å². The molecular formula is C28H30O4. The molecule has 2 aliphatic heterocycles. The Morgan fingerprint density at radius 3 is 1.66 bits per heavy atom. The van der Waals surface area contributed by atoms with E-state index in [2.05, 4.69) is 79.7 Å². The van der Waals surface area contributed by atoms with Gasteiger partial charge >= 0.3 is 0 Å². The van der Waals surface area contributed by atoms with Crippen molar-refractivity contribution in [3.63, 3.8) is 0 Å². The molecule has 0 unspecified atom stereocenters. The largest absolute Gasteiger partial charge is 0.358 e. The molecule has 4 nitrogen and oxygen atoms in total. The quantitative estimate of drug-likeness (QED) is 0.484. The molecular weight excluding hydrogens is 400 g/mol. The van der Waals surface area contributed by atoms with Crippen LogP contribution in [0, 0.1) is 5.92 Å². The highest BCUT2D eigenvalue weighted by Crippen LogP contribution is 2.44. The molecule has 32 heavy (non-hydrogen) atoms. The average molecular weight is 431 g/mol. The fraction of sp³-hybridized carbons (Fsp3) is 0.357. The Kier molecular flexibility index (Phi) is 5.64. The fourth-order valence-electron chi connectivity index (χ4n) is 4.89. The maximum Gasteiger partial charge on any atom is 0.187 e. The Morgan fingerprint density at radius 2 is 1.22 bits per heavy atom. The summed E-state index contributed by atoms with van der Waals surface area (Å²) in [6, 6.07) is 31.2. The molecule has 2 aliphatic rings. The Balaban J connectivity index is 1.51. The third-order valence-corrected chi connectivity index (χ3v) is 6.51. The molecule has 5 rings (SSSR count). The monoisotopic (exact) mass is 430 g/mol. The molecule has 3 aromatic carbocycles. The van der Waals surface area contributed by atoms with Crippen molar-refractivity contribution in [2.75, 3.05) is 6.61 Å². The first kappa shape index (κ1) is 21.4. The first-order chi connectivity index (χ1) is 15.5. The summed E-state index contributed by atoms with van der Waals surface area (Å²) in [4.78, 5) is 0. The molecule has 0 N–H and O–H groups in total. The van der Waals surface area contributed by atoms with Crippen molar-refractivity contribution in [2.24, 2.45) is 5.92 Å². The SMILES string of the molecule is C[C@H]1[C@H]2OC(C)(C)O[C@H]2O[C@@H]1COC(c1ccccc1)(c1ccccc1)c1ccccc1. The second-order valence-corrected chi connectivity index (χ2v) is 9.09. The lowest BCUT2D eigenvalue weighted by Gasteiger charge is -2.37. The Morgan fingerprint density at radius 1 is 0.750 bits per heavy atom. The highest BCUT2D eigenvalue weighted by Gasteiger charge is 2.53. The van der Waals surface area contributed by atoms with E-state index in [1.807, 2.05) is 32.0 Å². The van der Waals surface area contributed by atoms with Crippen LogP contribution in [0.1, 0.15) is 37.5 Å². The predicted molar refractivity (Wildman–Crippen MR) is 123 cm³/mol. The van der Waals surface area contributed by atoms with E-state index in [1.165, 1.54) is 0 Å². The van der Waals surface area contributed by atoms with Crippen LogP contribution in [0.5, 0.6) is 0 Å². The average Bonchev–Trinajstić information content (AvgIpc) is 3.28. The van der Waals surface area contributed by atoms with Crippen molar-refractivity contribution in [2.45, 2.75) is 50.7 Å². The summed E-state index contributed by atoms with van der Waals surface area (Å²) in [5.74, 6) is -0.459. The number of hydrogen-bond acceptors (Lipinski definition) is 4. The minimum Gasteiger partial charge on any atom is -0.358 e. The minimum absolute atomic E-state index is 0.0850. The Labute approximate surface area is 190 Å². The van der Waals surface area contributed by atoms with Gasteiger partial charge in [-0.25, -0.2) is 0 Å². The van der Waals surface area contributed by atoms with E-state index < -0.39 is 11.4 Å². The van der Waals surface area contributed by atoms with Crippen LogP contribution >= 0.6 is 0 Å². The van der Waals surface area contributed by atoms with Gasteiger partial charge in [0.2, 0.25) is 0 Å². The van der Waals surface area contributed by atoms with Gasteiger partial charge in [-0.3, -0.25) is 0 Å². The molecule has 4 heteroatoms. The molecule has 0 spiro atoms. The third kappa shape index (κ3) is 3.78. The molecule has 166 valence electrons. The summed E-state index contributed by atoms with van der Waals surface area (Å²) in [6.07, 6.45) is -0.567. The summed E-state index contributed by atoms with van der Waals surface area (Å²) in [7, 11) is 0. The second-order valence-electron chi connectivity index (χ2n) is 9.09. The molecule has 2 fully saturated rings. The molecule has 0 bridgehead atoms. The van der Waals surface area contributed by atoms with E-state index in [0.29, 0.717) is 6.61 Å². The topological polar surface area (TPSA) is 36.9 Å². The zero-order valence-electron chi connectivity index (χ0n) is 18.8. The Hall–Kier alpha value is -2.50. The van der Waals surface area contributed by atoms with Crippen LogP contribution in [-0.2, 0) is 24.5 Å². The number of ether oxygens (including phenoxy) is 4. The summed E-state index contributed by atoms with van der Waals surface area (Å²) in [5.41, 5.74) is 2.48. The Bertz CT molecular complexity index is 922. The van der Waals surface area contributed by atoms with Gasteiger partial charge in [0.1, 0.15) is 11.7 Å². The van der Waals surface area contributed by atoms with E-state index in [1.54, 1.807) is 0 Å². The summed E-state index contributed by atoms with van der Waals surface area (Å²) in [6.45, 7) is 6.43. The van der Waals surface area contributed by atoms with Crippen LogP contribution in [0.15, 0.2) is 91.0 Å². The van der Waals surface area contributed by atoms with Gasteiger partial charge in [-0.15, -0.1) is 0 Å². The normalized spacial score (nSPS) is 26.7. The van der Waals surface area contributed by atoms with E-state index in [-0.39, 0.29) is 24.4 Å². The minimum atomic E-state index is -0.758. The molecule has 0 aromatic heterocycles. The molecule has 0 radical (unpaired) electrons. The smallest absolute Gasteiger partial charge is 0.187 e. The van der Waals surface area contributed by atoms with Crippen molar-refractivity contribution in [3.8, 4) is 0 Å². The maximum atomic E-state index is 6.92. The molecule has 3 aromatic rings. The van der Waals surface area contributed by atoms with E-state index in [9.17, 15) is 0 Å². The van der Waals surface area contributed by atoms with Crippen LogP contribution in [0.3, 0.4) is 0 Å². The zero-order chi connectivity index (χ0) is 22.2. The van der Waals surface area contributed by atoms with Crippen LogP contribution < -0.4 is 0 Å². The lowest BCUT2D eigenvalue weighted by Crippen LogP contribution is -2.38. The summed E-state index contributed by atoms with van der Waals surface area (Å²) < 4.78 is 25.2. The molecule has 2 heterocycles. The van der Waals surface area contributed by atoms with E-state index >= 15 is 0 Å². The first-order valence-electron chi connectivity index (χ1n) is 11.3. The number of hydrogen-bond donors (Lipinski definition) is 0. The van der Waals surface area contributed by atoms with Crippen molar-refractivity contribution >= 4 is 0 Å². The highest BCUT2D eigenvalue weighted by atomic mass is 16.8. The number of benzene rings is 3. The molecule has 2 saturated heterocycles. The van der Waals surface area contributed by atoms with Gasteiger partial charge in [0.05, 0.1) is 12.7 Å². The molecule has 0 amide bonds. The van der Waals surface area contributed by atoms with Crippen LogP contribution in [-0.4, -0.2) is 30.9 Å². The van der Waals surface area contributed by atoms with Gasteiger partial charge in [-0.2, -0.15) is 0 Å². The van der Waals surface area contributed by atoms with E-state index in [0.717, 1.165) is 16.7 Å². The maximum absolute atomic E-state index is 6.92. The summed E-state index contributed by atoms with van der Waals surface area (Å²) in [5, 5.41) is 0. The van der Waals surface area contributed by atoms with Gasteiger partial charge < -0.3 is 18.9 Å². The van der Waals surface area contributed by atoms with E-state index in [4.69, 9.17) is 18.9 Å². The van der Waals surface area contributed by atoms with Crippen LogP contribution in [0.25, 0.3) is 0 Å². The van der Waals surface area contributed by atoms with Crippen molar-refractivity contribution in [3.05, 3.63) is 108 Å². The summed E-state index contributed by atoms with van der Waals surface area (Å²) >= 11 is 0. The molecule has 0 aliphatic carbocycles. The number of fused-ring (bicyclic) bond motifs is 1. The lowest BCUT2D eigenvalue weighted by atomic mass is 9.80. The second kappa shape index (κ2) is 8.45. The lowest BCUT2D eigenvalue weighted by molar-refractivity contribution is -0.217. The highest BCUT2D eigenvalue weighted by molar-refractivity contribution is 5.47.